The third-order valence-corrected chi connectivity index (χ3v) is 9.62. The van der Waals surface area contributed by atoms with E-state index in [2.05, 4.69) is 36.0 Å². The molecule has 0 aliphatic heterocycles. The van der Waals surface area contributed by atoms with E-state index in [0.29, 0.717) is 57.2 Å². The van der Waals surface area contributed by atoms with Gasteiger partial charge in [0.2, 0.25) is 0 Å². The van der Waals surface area contributed by atoms with Crippen LogP contribution in [0.1, 0.15) is 27.8 Å². The Balaban J connectivity index is 1.17. The number of phenolic OH excluding ortho intramolecular Hbond substituents is 1. The summed E-state index contributed by atoms with van der Waals surface area (Å²) in [5, 5.41) is 51.2. The Hall–Kier alpha value is -6.55. The number of fused-ring (bicyclic) bond motifs is 1. The van der Waals surface area contributed by atoms with Crippen LogP contribution in [0.5, 0.6) is 11.5 Å². The molecule has 0 radical (unpaired) electrons. The van der Waals surface area contributed by atoms with Gasteiger partial charge in [0.25, 0.3) is 10.1 Å². The molecule has 0 bridgehead atoms. The third kappa shape index (κ3) is 8.98. The summed E-state index contributed by atoms with van der Waals surface area (Å²) in [6.07, 6.45) is 0. The van der Waals surface area contributed by atoms with E-state index in [0.717, 1.165) is 39.5 Å². The molecule has 0 spiro atoms. The van der Waals surface area contributed by atoms with Gasteiger partial charge in [0, 0.05) is 29.4 Å². The number of aliphatic hydroxyl groups is 1. The largest absolute Gasteiger partial charge is 0.505 e. The zero-order chi connectivity index (χ0) is 39.3. The summed E-state index contributed by atoms with van der Waals surface area (Å²) in [6.45, 7) is 5.74. The number of methoxy groups -OCH3 is 1. The first kappa shape index (κ1) is 38.2. The Morgan fingerprint density at radius 3 is 1.82 bits per heavy atom. The first-order valence-electron chi connectivity index (χ1n) is 16.9. The second-order valence-corrected chi connectivity index (χ2v) is 14.1. The maximum Gasteiger partial charge on any atom is 0.296 e. The van der Waals surface area contributed by atoms with Crippen LogP contribution in [0.15, 0.2) is 133 Å². The van der Waals surface area contributed by atoms with E-state index in [9.17, 15) is 23.2 Å². The molecule has 6 N–H and O–H groups in total. The molecule has 0 fully saturated rings. The Morgan fingerprint density at radius 1 is 0.655 bits per heavy atom. The van der Waals surface area contributed by atoms with Crippen molar-refractivity contribution in [3.05, 3.63) is 125 Å². The van der Waals surface area contributed by atoms with E-state index in [1.54, 1.807) is 25.1 Å². The Labute approximate surface area is 317 Å². The summed E-state index contributed by atoms with van der Waals surface area (Å²) in [5.74, 6) is 0.372. The molecule has 0 unspecified atom stereocenters. The fourth-order valence-corrected chi connectivity index (χ4v) is 6.29. The van der Waals surface area contributed by atoms with E-state index in [-0.39, 0.29) is 11.4 Å². The van der Waals surface area contributed by atoms with Crippen molar-refractivity contribution < 1.29 is 27.9 Å². The number of azo groups is 3. The van der Waals surface area contributed by atoms with Crippen molar-refractivity contribution in [3.8, 4) is 11.5 Å². The minimum absolute atomic E-state index is 0.0300. The van der Waals surface area contributed by atoms with Crippen molar-refractivity contribution in [2.75, 3.05) is 18.2 Å². The number of nitrogens with zero attached hydrogens (tertiary/aromatic N) is 6. The van der Waals surface area contributed by atoms with Crippen LogP contribution in [0, 0.1) is 20.8 Å². The lowest BCUT2D eigenvalue weighted by molar-refractivity contribution is 0.281. The Kier molecular flexibility index (Phi) is 11.3. The number of aliphatic hydroxyl groups excluding tert-OH is 1. The highest BCUT2D eigenvalue weighted by atomic mass is 32.2. The Morgan fingerprint density at radius 2 is 1.20 bits per heavy atom. The molecule has 0 aromatic heterocycles. The highest BCUT2D eigenvalue weighted by Gasteiger charge is 2.17. The molecular formula is C40H38N8O6S. The molecule has 0 saturated heterocycles. The molecule has 55 heavy (non-hydrogen) atoms. The SMILES string of the molecule is COc1cc(N=Nc2ccc(CO)cc2S(=O)(=O)O)c(C)cc1N=Nc1cc(C)c(N=Nc2ccc3cc(NCc4ccc(N)cc4)ccc3c2O)cc1C. The second-order valence-electron chi connectivity index (χ2n) is 12.7. The average molecular weight is 759 g/mol. The summed E-state index contributed by atoms with van der Waals surface area (Å²) in [7, 11) is -3.15. The molecule has 0 saturated carbocycles. The number of nitrogens with one attached hydrogen (secondary N) is 1. The maximum absolute atomic E-state index is 11.9. The minimum atomic E-state index is -4.62. The molecule has 15 heteroatoms. The van der Waals surface area contributed by atoms with Gasteiger partial charge >= 0.3 is 0 Å². The van der Waals surface area contributed by atoms with E-state index in [4.69, 9.17) is 10.5 Å². The number of benzene rings is 6. The van der Waals surface area contributed by atoms with Crippen LogP contribution in [0.2, 0.25) is 0 Å². The van der Waals surface area contributed by atoms with Gasteiger partial charge in [-0.2, -0.15) is 23.8 Å². The van der Waals surface area contributed by atoms with Gasteiger partial charge in [0.1, 0.15) is 27.7 Å². The zero-order valence-electron chi connectivity index (χ0n) is 30.4. The molecule has 14 nitrogen and oxygen atoms in total. The predicted molar refractivity (Wildman–Crippen MR) is 212 cm³/mol. The normalized spacial score (nSPS) is 12.0. The number of aryl methyl sites for hydroxylation is 3. The Bertz CT molecular complexity index is 2610. The lowest BCUT2D eigenvalue weighted by atomic mass is 10.1. The quantitative estimate of drug-likeness (QED) is 0.0458. The smallest absolute Gasteiger partial charge is 0.296 e. The topological polar surface area (TPSA) is 216 Å². The van der Waals surface area contributed by atoms with Gasteiger partial charge in [0.05, 0.1) is 30.8 Å². The maximum atomic E-state index is 11.9. The number of hydrogen-bond acceptors (Lipinski definition) is 13. The minimum Gasteiger partial charge on any atom is -0.505 e. The molecule has 6 rings (SSSR count). The summed E-state index contributed by atoms with van der Waals surface area (Å²) in [5.41, 5.74) is 13.2. The van der Waals surface area contributed by atoms with Gasteiger partial charge in [-0.25, -0.2) is 0 Å². The number of nitrogen functional groups attached to an aromatic ring is 1. The number of aromatic hydroxyl groups is 1. The summed E-state index contributed by atoms with van der Waals surface area (Å²) < 4.78 is 39.0. The summed E-state index contributed by atoms with van der Waals surface area (Å²) in [6, 6.07) is 27.9. The molecule has 0 atom stereocenters. The second kappa shape index (κ2) is 16.2. The van der Waals surface area contributed by atoms with Crippen molar-refractivity contribution in [1.29, 1.82) is 0 Å². The first-order valence-corrected chi connectivity index (χ1v) is 18.4. The fourth-order valence-electron chi connectivity index (χ4n) is 5.61. The van der Waals surface area contributed by atoms with Crippen LogP contribution >= 0.6 is 0 Å². The third-order valence-electron chi connectivity index (χ3n) is 8.74. The van der Waals surface area contributed by atoms with E-state index >= 15 is 0 Å². The molecule has 6 aromatic carbocycles. The standard InChI is InChI=1S/C40H38N8O6S/c1-23-16-35(46-48-37-17-25(3)36(20-38(37)54-4)47-43-32-13-7-27(22-49)18-39(32)55(51,52)53)24(2)15-34(23)45-44-33-14-8-28-19-30(11-12-31(28)40(33)50)42-21-26-5-9-29(41)10-6-26/h5-20,42,49-50H,21-22,41H2,1-4H3,(H,51,52,53). The zero-order valence-corrected chi connectivity index (χ0v) is 31.2. The van der Waals surface area contributed by atoms with Crippen molar-refractivity contribution in [2.45, 2.75) is 38.8 Å². The molecule has 0 aliphatic carbocycles. The number of hydrogen-bond donors (Lipinski definition) is 5. The highest BCUT2D eigenvalue weighted by Crippen LogP contribution is 2.40. The number of ether oxygens (including phenoxy) is 1. The van der Waals surface area contributed by atoms with E-state index < -0.39 is 21.6 Å². The molecule has 280 valence electrons. The van der Waals surface area contributed by atoms with Gasteiger partial charge < -0.3 is 26.0 Å². The first-order chi connectivity index (χ1) is 26.3. The van der Waals surface area contributed by atoms with Gasteiger partial charge in [0.15, 0.2) is 5.75 Å². The fraction of sp³-hybridized carbons (Fsp3) is 0.150. The highest BCUT2D eigenvalue weighted by molar-refractivity contribution is 7.86. The number of anilines is 2. The van der Waals surface area contributed by atoms with Crippen LogP contribution in [0.4, 0.5) is 45.5 Å². The van der Waals surface area contributed by atoms with Gasteiger partial charge in [-0.1, -0.05) is 24.3 Å². The lowest BCUT2D eigenvalue weighted by Crippen LogP contribution is -1.99. The number of phenols is 1. The average Bonchev–Trinajstić information content (AvgIpc) is 3.17. The molecule has 0 amide bonds. The summed E-state index contributed by atoms with van der Waals surface area (Å²) >= 11 is 0. The molecule has 6 aromatic rings. The van der Waals surface area contributed by atoms with Crippen molar-refractivity contribution in [1.82, 2.24) is 0 Å². The lowest BCUT2D eigenvalue weighted by Gasteiger charge is -2.10. The monoisotopic (exact) mass is 758 g/mol. The summed E-state index contributed by atoms with van der Waals surface area (Å²) in [4.78, 5) is -0.475. The number of rotatable bonds is 12. The van der Waals surface area contributed by atoms with Gasteiger partial charge in [-0.15, -0.1) is 15.3 Å². The van der Waals surface area contributed by atoms with E-state index in [1.807, 2.05) is 74.5 Å². The van der Waals surface area contributed by atoms with Crippen molar-refractivity contribution >= 4 is 66.4 Å². The van der Waals surface area contributed by atoms with Gasteiger partial charge in [-0.05, 0) is 121 Å². The molecule has 0 aliphatic rings. The van der Waals surface area contributed by atoms with Crippen molar-refractivity contribution in [3.63, 3.8) is 0 Å². The van der Waals surface area contributed by atoms with Crippen LogP contribution < -0.4 is 15.8 Å². The van der Waals surface area contributed by atoms with Crippen LogP contribution in [0.25, 0.3) is 10.8 Å². The van der Waals surface area contributed by atoms with Crippen LogP contribution in [0.3, 0.4) is 0 Å². The molecule has 0 heterocycles. The van der Waals surface area contributed by atoms with Crippen LogP contribution in [-0.2, 0) is 23.3 Å². The molecular weight excluding hydrogens is 721 g/mol. The predicted octanol–water partition coefficient (Wildman–Crippen LogP) is 10.7. The van der Waals surface area contributed by atoms with Crippen molar-refractivity contribution in [2.24, 2.45) is 30.7 Å². The van der Waals surface area contributed by atoms with Crippen LogP contribution in [-0.4, -0.2) is 30.3 Å². The van der Waals surface area contributed by atoms with E-state index in [1.165, 1.54) is 19.2 Å². The number of nitrogens with two attached hydrogens (primary N) is 1. The van der Waals surface area contributed by atoms with Gasteiger partial charge in [-0.3, -0.25) is 4.55 Å².